The molecule has 1 aromatic carbocycles. The van der Waals surface area contributed by atoms with E-state index in [0.29, 0.717) is 22.5 Å². The normalized spacial score (nSPS) is 11.8. The van der Waals surface area contributed by atoms with Crippen LogP contribution in [-0.2, 0) is 16.6 Å². The minimum absolute atomic E-state index is 0.00688. The number of aryl methyl sites for hydroxylation is 4. The molecule has 0 spiro atoms. The molecule has 33 heavy (non-hydrogen) atoms. The fourth-order valence-corrected chi connectivity index (χ4v) is 6.01. The van der Waals surface area contributed by atoms with Crippen molar-refractivity contribution in [2.45, 2.75) is 39.1 Å². The molecular formula is C22H21ClN4O5S. The number of furan rings is 1. The summed E-state index contributed by atoms with van der Waals surface area (Å²) in [6, 6.07) is 6.85. The molecule has 172 valence electrons. The lowest BCUT2D eigenvalue weighted by Gasteiger charge is -2.18. The van der Waals surface area contributed by atoms with Crippen molar-refractivity contribution >= 4 is 44.6 Å². The first-order valence-corrected chi connectivity index (χ1v) is 11.7. The zero-order valence-electron chi connectivity index (χ0n) is 18.3. The number of fused-ring (bicyclic) bond motifs is 1. The molecule has 0 atom stereocenters. The van der Waals surface area contributed by atoms with E-state index in [1.807, 2.05) is 6.92 Å². The fourth-order valence-electron chi connectivity index (χ4n) is 4.07. The summed E-state index contributed by atoms with van der Waals surface area (Å²) in [5.41, 5.74) is 2.61. The van der Waals surface area contributed by atoms with Crippen LogP contribution in [0.5, 0.6) is 0 Å². The van der Waals surface area contributed by atoms with E-state index in [0.717, 1.165) is 14.4 Å². The van der Waals surface area contributed by atoms with Crippen molar-refractivity contribution in [2.75, 3.05) is 4.90 Å². The maximum absolute atomic E-state index is 13.7. The zero-order chi connectivity index (χ0) is 24.1. The Bertz CT molecular complexity index is 1470. The number of hydrogen-bond acceptors (Lipinski definition) is 6. The Morgan fingerprint density at radius 3 is 2.39 bits per heavy atom. The Labute approximate surface area is 195 Å². The first-order valence-electron chi connectivity index (χ1n) is 9.92. The SMILES string of the molecule is Cc1cc(C)c(S(=O)(=O)n2cc(C)c3c(N(Cc4ccco4)C(=O)O)nc(Cl)nc32)c(C)c1. The molecule has 0 bridgehead atoms. The molecule has 0 aliphatic carbocycles. The van der Waals surface area contributed by atoms with Crippen LogP contribution >= 0.6 is 11.6 Å². The van der Waals surface area contributed by atoms with Gasteiger partial charge in [0.05, 0.1) is 23.1 Å². The van der Waals surface area contributed by atoms with E-state index < -0.39 is 16.1 Å². The minimum Gasteiger partial charge on any atom is -0.467 e. The number of anilines is 1. The highest BCUT2D eigenvalue weighted by molar-refractivity contribution is 7.90. The standard InChI is InChI=1S/C22H21ClN4O5S/c1-12-8-13(2)18(14(3)9-12)33(30,31)27-10-15(4)17-19(24-21(23)25-20(17)27)26(22(28)29)11-16-6-5-7-32-16/h5-10H,11H2,1-4H3,(H,28,29). The molecule has 0 aliphatic heterocycles. The van der Waals surface area contributed by atoms with Gasteiger partial charge in [-0.25, -0.2) is 17.2 Å². The maximum Gasteiger partial charge on any atom is 0.413 e. The average Bonchev–Trinajstić information content (AvgIpc) is 3.32. The van der Waals surface area contributed by atoms with Crippen molar-refractivity contribution < 1.29 is 22.7 Å². The molecule has 0 radical (unpaired) electrons. The number of benzene rings is 1. The van der Waals surface area contributed by atoms with E-state index in [9.17, 15) is 18.3 Å². The minimum atomic E-state index is -4.07. The van der Waals surface area contributed by atoms with Gasteiger partial charge in [0.1, 0.15) is 5.76 Å². The molecule has 0 unspecified atom stereocenters. The molecule has 0 saturated carbocycles. The number of hydrogen-bond donors (Lipinski definition) is 1. The first kappa shape index (κ1) is 22.8. The van der Waals surface area contributed by atoms with Gasteiger partial charge in [-0.2, -0.15) is 9.97 Å². The van der Waals surface area contributed by atoms with Gasteiger partial charge < -0.3 is 9.52 Å². The summed E-state index contributed by atoms with van der Waals surface area (Å²) in [6.07, 6.45) is 1.53. The highest BCUT2D eigenvalue weighted by atomic mass is 35.5. The first-order chi connectivity index (χ1) is 15.5. The lowest BCUT2D eigenvalue weighted by molar-refractivity contribution is 0.200. The van der Waals surface area contributed by atoms with E-state index in [2.05, 4.69) is 9.97 Å². The zero-order valence-corrected chi connectivity index (χ0v) is 19.9. The van der Waals surface area contributed by atoms with Crippen LogP contribution in [0.1, 0.15) is 28.0 Å². The van der Waals surface area contributed by atoms with Crippen LogP contribution in [0.3, 0.4) is 0 Å². The van der Waals surface area contributed by atoms with Gasteiger partial charge in [0.15, 0.2) is 11.5 Å². The van der Waals surface area contributed by atoms with Gasteiger partial charge in [-0.3, -0.25) is 4.90 Å². The van der Waals surface area contributed by atoms with Crippen molar-refractivity contribution in [2.24, 2.45) is 0 Å². The summed E-state index contributed by atoms with van der Waals surface area (Å²) < 4.78 is 33.7. The van der Waals surface area contributed by atoms with Gasteiger partial charge in [-0.1, -0.05) is 17.7 Å². The number of aromatic nitrogens is 3. The van der Waals surface area contributed by atoms with Crippen molar-refractivity contribution in [3.05, 3.63) is 70.0 Å². The Morgan fingerprint density at radius 2 is 1.82 bits per heavy atom. The van der Waals surface area contributed by atoms with Crippen LogP contribution in [0.15, 0.2) is 46.0 Å². The summed E-state index contributed by atoms with van der Waals surface area (Å²) in [7, 11) is -4.07. The van der Waals surface area contributed by atoms with E-state index >= 15 is 0 Å². The predicted octanol–water partition coefficient (Wildman–Crippen LogP) is 4.83. The second-order valence-electron chi connectivity index (χ2n) is 7.80. The molecule has 0 fully saturated rings. The highest BCUT2D eigenvalue weighted by Crippen LogP contribution is 2.34. The number of rotatable bonds is 5. The maximum atomic E-state index is 13.7. The molecule has 0 saturated heterocycles. The van der Waals surface area contributed by atoms with Crippen molar-refractivity contribution in [3.8, 4) is 0 Å². The second kappa shape index (κ2) is 8.20. The van der Waals surface area contributed by atoms with Gasteiger partial charge >= 0.3 is 6.09 Å². The van der Waals surface area contributed by atoms with Crippen LogP contribution in [0, 0.1) is 27.7 Å². The fraction of sp³-hybridized carbons (Fsp3) is 0.227. The Morgan fingerprint density at radius 1 is 1.15 bits per heavy atom. The summed E-state index contributed by atoms with van der Waals surface area (Å²) >= 11 is 6.14. The molecule has 11 heteroatoms. The van der Waals surface area contributed by atoms with Crippen LogP contribution in [0.2, 0.25) is 5.28 Å². The van der Waals surface area contributed by atoms with Gasteiger partial charge in [0.2, 0.25) is 5.28 Å². The van der Waals surface area contributed by atoms with Crippen LogP contribution < -0.4 is 4.90 Å². The third-order valence-corrected chi connectivity index (χ3v) is 7.38. The van der Waals surface area contributed by atoms with Gasteiger partial charge in [-0.05, 0) is 68.1 Å². The lowest BCUT2D eigenvalue weighted by Crippen LogP contribution is -2.29. The van der Waals surface area contributed by atoms with Crippen LogP contribution in [0.25, 0.3) is 11.0 Å². The second-order valence-corrected chi connectivity index (χ2v) is 9.89. The molecule has 4 rings (SSSR count). The van der Waals surface area contributed by atoms with E-state index in [1.54, 1.807) is 45.0 Å². The smallest absolute Gasteiger partial charge is 0.413 e. The molecular weight excluding hydrogens is 468 g/mol. The van der Waals surface area contributed by atoms with Gasteiger partial charge in [0, 0.05) is 6.20 Å². The number of amides is 1. The van der Waals surface area contributed by atoms with Crippen LogP contribution in [0.4, 0.5) is 10.6 Å². The summed E-state index contributed by atoms with van der Waals surface area (Å²) in [5, 5.41) is 9.85. The lowest BCUT2D eigenvalue weighted by atomic mass is 10.1. The highest BCUT2D eigenvalue weighted by Gasteiger charge is 2.29. The molecule has 0 aliphatic rings. The Hall–Kier alpha value is -3.37. The predicted molar refractivity (Wildman–Crippen MR) is 123 cm³/mol. The van der Waals surface area contributed by atoms with Gasteiger partial charge in [0.25, 0.3) is 10.0 Å². The summed E-state index contributed by atoms with van der Waals surface area (Å²) in [6.45, 7) is 6.88. The third kappa shape index (κ3) is 3.96. The number of nitrogens with zero attached hydrogens (tertiary/aromatic N) is 4. The largest absolute Gasteiger partial charge is 0.467 e. The Kier molecular flexibility index (Phi) is 5.67. The summed E-state index contributed by atoms with van der Waals surface area (Å²) in [5.74, 6) is 0.355. The third-order valence-electron chi connectivity index (χ3n) is 5.26. The number of carbonyl (C=O) groups is 1. The molecule has 3 heterocycles. The van der Waals surface area contributed by atoms with E-state index in [1.165, 1.54) is 12.5 Å². The number of carboxylic acid groups (broad SMARTS) is 1. The molecule has 9 nitrogen and oxygen atoms in total. The molecule has 3 aromatic heterocycles. The molecule has 1 N–H and O–H groups in total. The average molecular weight is 489 g/mol. The van der Waals surface area contributed by atoms with E-state index in [-0.39, 0.29) is 33.6 Å². The van der Waals surface area contributed by atoms with Crippen LogP contribution in [-0.4, -0.2) is 33.6 Å². The van der Waals surface area contributed by atoms with E-state index in [4.69, 9.17) is 16.0 Å². The summed E-state index contributed by atoms with van der Waals surface area (Å²) in [4.78, 5) is 21.5. The quantitative estimate of drug-likeness (QED) is 0.399. The number of halogens is 1. The van der Waals surface area contributed by atoms with Crippen molar-refractivity contribution in [1.82, 2.24) is 13.9 Å². The Balaban J connectivity index is 1.97. The van der Waals surface area contributed by atoms with Crippen molar-refractivity contribution in [3.63, 3.8) is 0 Å². The monoisotopic (exact) mass is 488 g/mol. The topological polar surface area (TPSA) is 119 Å². The molecule has 1 amide bonds. The van der Waals surface area contributed by atoms with Gasteiger partial charge in [-0.15, -0.1) is 0 Å². The molecule has 4 aromatic rings. The van der Waals surface area contributed by atoms with Crippen molar-refractivity contribution in [1.29, 1.82) is 0 Å².